The molecule has 1 aliphatic rings. The van der Waals surface area contributed by atoms with E-state index in [-0.39, 0.29) is 11.9 Å². The van der Waals surface area contributed by atoms with Gasteiger partial charge in [-0.25, -0.2) is 0 Å². The lowest BCUT2D eigenvalue weighted by atomic mass is 10.1. The third kappa shape index (κ3) is 2.32. The molecule has 1 fully saturated rings. The van der Waals surface area contributed by atoms with Crippen LogP contribution in [0.1, 0.15) is 24.8 Å². The number of benzene rings is 1. The van der Waals surface area contributed by atoms with Crippen LogP contribution in [0.15, 0.2) is 24.3 Å². The molecule has 0 radical (unpaired) electrons. The molecule has 0 aromatic heterocycles. The molecular weight excluding hydrogens is 212 g/mol. The van der Waals surface area contributed by atoms with Gasteiger partial charge in [-0.15, -0.1) is 0 Å². The Morgan fingerprint density at radius 1 is 1.60 bits per heavy atom. The molecule has 1 aliphatic carbocycles. The molecule has 0 spiro atoms. The Morgan fingerprint density at radius 2 is 2.40 bits per heavy atom. The zero-order valence-electron chi connectivity index (χ0n) is 8.57. The summed E-state index contributed by atoms with van der Waals surface area (Å²) in [5, 5.41) is 0.724. The maximum atomic E-state index is 11.4. The number of ether oxygens (including phenoxy) is 1. The van der Waals surface area contributed by atoms with Gasteiger partial charge in [-0.2, -0.15) is 0 Å². The van der Waals surface area contributed by atoms with Crippen LogP contribution in [-0.2, 0) is 9.53 Å². The molecule has 1 aromatic carbocycles. The van der Waals surface area contributed by atoms with Gasteiger partial charge in [-0.05, 0) is 37.0 Å². The predicted molar refractivity (Wildman–Crippen MR) is 58.9 cm³/mol. The third-order valence-corrected chi connectivity index (χ3v) is 2.89. The van der Waals surface area contributed by atoms with Crippen LogP contribution in [0.5, 0.6) is 0 Å². The highest BCUT2D eigenvalue weighted by atomic mass is 35.5. The quantitative estimate of drug-likeness (QED) is 0.738. The lowest BCUT2D eigenvalue weighted by Crippen LogP contribution is -2.07. The molecule has 15 heavy (non-hydrogen) atoms. The molecule has 0 saturated heterocycles. The van der Waals surface area contributed by atoms with Crippen molar-refractivity contribution in [2.24, 2.45) is 5.92 Å². The van der Waals surface area contributed by atoms with Gasteiger partial charge in [0.2, 0.25) is 0 Å². The molecular formula is C12H13ClO2. The van der Waals surface area contributed by atoms with Crippen LogP contribution >= 0.6 is 11.6 Å². The summed E-state index contributed by atoms with van der Waals surface area (Å²) in [5.74, 6) is 0.272. The summed E-state index contributed by atoms with van der Waals surface area (Å²) in [6, 6.07) is 7.69. The van der Waals surface area contributed by atoms with Crippen LogP contribution in [0.3, 0.4) is 0 Å². The number of carbonyl (C=O) groups excluding carboxylic acids is 1. The Labute approximate surface area is 94.2 Å². The first-order valence-electron chi connectivity index (χ1n) is 5.14. The van der Waals surface area contributed by atoms with Gasteiger partial charge < -0.3 is 4.74 Å². The van der Waals surface area contributed by atoms with Crippen molar-refractivity contribution in [3.8, 4) is 0 Å². The smallest absolute Gasteiger partial charge is 0.309 e. The minimum atomic E-state index is -0.0810. The van der Waals surface area contributed by atoms with Crippen molar-refractivity contribution >= 4 is 17.6 Å². The lowest BCUT2D eigenvalue weighted by molar-refractivity contribution is -0.144. The third-order valence-electron chi connectivity index (χ3n) is 2.66. The first-order chi connectivity index (χ1) is 7.22. The number of carbonyl (C=O) groups is 1. The van der Waals surface area contributed by atoms with Gasteiger partial charge in [0.1, 0.15) is 0 Å². The molecule has 0 aliphatic heterocycles. The van der Waals surface area contributed by atoms with Crippen LogP contribution < -0.4 is 0 Å². The van der Waals surface area contributed by atoms with Crippen molar-refractivity contribution in [3.63, 3.8) is 0 Å². The molecule has 0 unspecified atom stereocenters. The van der Waals surface area contributed by atoms with Gasteiger partial charge in [0.25, 0.3) is 0 Å². The fraction of sp³-hybridized carbons (Fsp3) is 0.417. The molecule has 2 atom stereocenters. The number of hydrogen-bond donors (Lipinski definition) is 0. The molecule has 1 aromatic rings. The summed E-state index contributed by atoms with van der Waals surface area (Å²) in [6.07, 6.45) is 0.888. The van der Waals surface area contributed by atoms with E-state index in [0.29, 0.717) is 12.5 Å². The second kappa shape index (κ2) is 4.23. The standard InChI is InChI=1S/C12H13ClO2/c1-2-15-12(14)11-7-10(11)8-4-3-5-9(13)6-8/h3-6,10-11H,2,7H2,1H3/t10-,11-/m1/s1. The van der Waals surface area contributed by atoms with Crippen molar-refractivity contribution in [1.29, 1.82) is 0 Å². The van der Waals surface area contributed by atoms with E-state index in [4.69, 9.17) is 16.3 Å². The molecule has 0 bridgehead atoms. The minimum absolute atomic E-state index is 0.0448. The number of halogens is 1. The number of hydrogen-bond acceptors (Lipinski definition) is 2. The average Bonchev–Trinajstić information content (AvgIpc) is 2.97. The largest absolute Gasteiger partial charge is 0.466 e. The van der Waals surface area contributed by atoms with Gasteiger partial charge in [0.05, 0.1) is 12.5 Å². The maximum absolute atomic E-state index is 11.4. The first-order valence-corrected chi connectivity index (χ1v) is 5.52. The molecule has 80 valence electrons. The minimum Gasteiger partial charge on any atom is -0.466 e. The summed E-state index contributed by atoms with van der Waals surface area (Å²) in [5.41, 5.74) is 1.14. The van der Waals surface area contributed by atoms with E-state index in [0.717, 1.165) is 17.0 Å². The molecule has 2 rings (SSSR count). The molecule has 1 saturated carbocycles. The average molecular weight is 225 g/mol. The van der Waals surface area contributed by atoms with Crippen molar-refractivity contribution < 1.29 is 9.53 Å². The molecule has 0 heterocycles. The van der Waals surface area contributed by atoms with Crippen LogP contribution in [0.25, 0.3) is 0 Å². The van der Waals surface area contributed by atoms with Gasteiger partial charge in [0.15, 0.2) is 0 Å². The molecule has 2 nitrogen and oxygen atoms in total. The topological polar surface area (TPSA) is 26.3 Å². The second-order valence-electron chi connectivity index (χ2n) is 3.76. The van der Waals surface area contributed by atoms with E-state index in [1.807, 2.05) is 31.2 Å². The van der Waals surface area contributed by atoms with E-state index in [2.05, 4.69) is 0 Å². The van der Waals surface area contributed by atoms with E-state index in [1.165, 1.54) is 0 Å². The fourth-order valence-corrected chi connectivity index (χ4v) is 2.01. The van der Waals surface area contributed by atoms with E-state index in [9.17, 15) is 4.79 Å². The van der Waals surface area contributed by atoms with Crippen LogP contribution in [0.4, 0.5) is 0 Å². The van der Waals surface area contributed by atoms with Crippen molar-refractivity contribution in [3.05, 3.63) is 34.9 Å². The number of rotatable bonds is 3. The summed E-state index contributed by atoms with van der Waals surface area (Å²) < 4.78 is 4.98. The Morgan fingerprint density at radius 3 is 3.07 bits per heavy atom. The Balaban J connectivity index is 2.01. The second-order valence-corrected chi connectivity index (χ2v) is 4.19. The highest BCUT2D eigenvalue weighted by Crippen LogP contribution is 2.48. The van der Waals surface area contributed by atoms with E-state index >= 15 is 0 Å². The van der Waals surface area contributed by atoms with E-state index < -0.39 is 0 Å². The monoisotopic (exact) mass is 224 g/mol. The van der Waals surface area contributed by atoms with Crippen molar-refractivity contribution in [2.75, 3.05) is 6.61 Å². The summed E-state index contributed by atoms with van der Waals surface area (Å²) in [4.78, 5) is 11.4. The van der Waals surface area contributed by atoms with Crippen LogP contribution in [0.2, 0.25) is 5.02 Å². The number of esters is 1. The Bertz CT molecular complexity index is 376. The highest BCUT2D eigenvalue weighted by Gasteiger charge is 2.45. The Kier molecular flexibility index (Phi) is 2.96. The van der Waals surface area contributed by atoms with Crippen molar-refractivity contribution in [2.45, 2.75) is 19.3 Å². The zero-order chi connectivity index (χ0) is 10.8. The van der Waals surface area contributed by atoms with Gasteiger partial charge in [0, 0.05) is 5.02 Å². The Hall–Kier alpha value is -1.02. The summed E-state index contributed by atoms with van der Waals surface area (Å²) in [6.45, 7) is 2.28. The molecule has 0 N–H and O–H groups in total. The zero-order valence-corrected chi connectivity index (χ0v) is 9.33. The van der Waals surface area contributed by atoms with Gasteiger partial charge >= 0.3 is 5.97 Å². The maximum Gasteiger partial charge on any atom is 0.309 e. The SMILES string of the molecule is CCOC(=O)[C@@H]1C[C@@H]1c1cccc(Cl)c1. The van der Waals surface area contributed by atoms with E-state index in [1.54, 1.807) is 0 Å². The molecule has 0 amide bonds. The summed E-state index contributed by atoms with van der Waals surface area (Å²) in [7, 11) is 0. The first kappa shape index (κ1) is 10.5. The highest BCUT2D eigenvalue weighted by molar-refractivity contribution is 6.30. The van der Waals surface area contributed by atoms with Gasteiger partial charge in [-0.3, -0.25) is 4.79 Å². The predicted octanol–water partition coefficient (Wildman–Crippen LogP) is 3.01. The van der Waals surface area contributed by atoms with Crippen LogP contribution in [-0.4, -0.2) is 12.6 Å². The fourth-order valence-electron chi connectivity index (χ4n) is 1.81. The molecule has 3 heteroatoms. The lowest BCUT2D eigenvalue weighted by Gasteiger charge is -2.01. The van der Waals surface area contributed by atoms with Gasteiger partial charge in [-0.1, -0.05) is 23.7 Å². The summed E-state index contributed by atoms with van der Waals surface area (Å²) >= 11 is 5.89. The normalized spacial score (nSPS) is 23.6. The van der Waals surface area contributed by atoms with Crippen LogP contribution in [0, 0.1) is 5.92 Å². The van der Waals surface area contributed by atoms with Crippen molar-refractivity contribution in [1.82, 2.24) is 0 Å².